The van der Waals surface area contributed by atoms with Gasteiger partial charge in [-0.05, 0) is 24.2 Å². The van der Waals surface area contributed by atoms with Crippen molar-refractivity contribution in [3.8, 4) is 0 Å². The molecule has 2 N–H and O–H groups in total. The first-order chi connectivity index (χ1) is 9.92. The molecule has 0 aliphatic carbocycles. The summed E-state index contributed by atoms with van der Waals surface area (Å²) in [5, 5.41) is 6.40. The third-order valence-electron chi connectivity index (χ3n) is 4.50. The molecule has 6 nitrogen and oxygen atoms in total. The number of nitrogens with zero attached hydrogens (tertiary/aromatic N) is 4. The number of anilines is 3. The van der Waals surface area contributed by atoms with Crippen molar-refractivity contribution >= 4 is 17.8 Å². The fraction of sp³-hybridized carbons (Fsp3) is 0.800. The van der Waals surface area contributed by atoms with Gasteiger partial charge in [0.25, 0.3) is 0 Å². The molecule has 0 aromatic carbocycles. The van der Waals surface area contributed by atoms with E-state index < -0.39 is 0 Å². The first-order valence-corrected chi connectivity index (χ1v) is 7.85. The first-order valence-electron chi connectivity index (χ1n) is 7.85. The minimum absolute atomic E-state index is 0.195. The Morgan fingerprint density at radius 3 is 2.29 bits per heavy atom. The van der Waals surface area contributed by atoms with E-state index in [1.165, 1.54) is 12.8 Å². The summed E-state index contributed by atoms with van der Waals surface area (Å²) >= 11 is 0. The van der Waals surface area contributed by atoms with E-state index in [4.69, 9.17) is 0 Å². The second-order valence-corrected chi connectivity index (χ2v) is 6.72. The van der Waals surface area contributed by atoms with Crippen LogP contribution in [0.15, 0.2) is 0 Å². The standard InChI is InChI=1S/C15H28N6/c1-11(2)15(3,4)10-17-13-18-12(16-5)19-14(20-13)21-8-6-7-9-21/h11H,6-10H2,1-5H3,(H2,16,17,18,19,20). The van der Waals surface area contributed by atoms with Gasteiger partial charge in [-0.2, -0.15) is 15.0 Å². The molecule has 2 rings (SSSR count). The number of hydrogen-bond donors (Lipinski definition) is 2. The molecule has 6 heteroatoms. The summed E-state index contributed by atoms with van der Waals surface area (Å²) in [4.78, 5) is 15.7. The molecule has 118 valence electrons. The van der Waals surface area contributed by atoms with Gasteiger partial charge in [0.05, 0.1) is 0 Å². The summed E-state index contributed by atoms with van der Waals surface area (Å²) in [6, 6.07) is 0. The highest BCUT2D eigenvalue weighted by Gasteiger charge is 2.23. The Balaban J connectivity index is 2.13. The molecule has 21 heavy (non-hydrogen) atoms. The first kappa shape index (κ1) is 15.8. The van der Waals surface area contributed by atoms with Gasteiger partial charge in [0.1, 0.15) is 0 Å². The SMILES string of the molecule is CNc1nc(NCC(C)(C)C(C)C)nc(N2CCCC2)n1. The summed E-state index contributed by atoms with van der Waals surface area (Å²) in [5.41, 5.74) is 0.195. The van der Waals surface area contributed by atoms with Gasteiger partial charge in [0.15, 0.2) is 0 Å². The van der Waals surface area contributed by atoms with Gasteiger partial charge in [0, 0.05) is 26.7 Å². The fourth-order valence-electron chi connectivity index (χ4n) is 2.13. The Hall–Kier alpha value is -1.59. The summed E-state index contributed by atoms with van der Waals surface area (Å²) in [5.74, 6) is 2.65. The van der Waals surface area contributed by atoms with Crippen LogP contribution in [0, 0.1) is 11.3 Å². The lowest BCUT2D eigenvalue weighted by molar-refractivity contribution is 0.269. The largest absolute Gasteiger partial charge is 0.357 e. The Morgan fingerprint density at radius 2 is 1.71 bits per heavy atom. The average molecular weight is 292 g/mol. The molecule has 2 heterocycles. The van der Waals surface area contributed by atoms with E-state index >= 15 is 0 Å². The Kier molecular flexibility index (Phi) is 4.85. The smallest absolute Gasteiger partial charge is 0.231 e. The summed E-state index contributed by atoms with van der Waals surface area (Å²) in [7, 11) is 1.84. The van der Waals surface area contributed by atoms with Crippen LogP contribution in [0.2, 0.25) is 0 Å². The molecule has 0 bridgehead atoms. The molecule has 1 aliphatic heterocycles. The van der Waals surface area contributed by atoms with Crippen molar-refractivity contribution in [3.63, 3.8) is 0 Å². The van der Waals surface area contributed by atoms with Crippen LogP contribution >= 0.6 is 0 Å². The van der Waals surface area contributed by atoms with Crippen LogP contribution in [0.1, 0.15) is 40.5 Å². The van der Waals surface area contributed by atoms with Crippen LogP contribution in [-0.4, -0.2) is 41.6 Å². The van der Waals surface area contributed by atoms with Crippen molar-refractivity contribution in [1.82, 2.24) is 15.0 Å². The zero-order valence-corrected chi connectivity index (χ0v) is 13.9. The number of nitrogens with one attached hydrogen (secondary N) is 2. The molecule has 0 atom stereocenters. The second kappa shape index (κ2) is 6.45. The van der Waals surface area contributed by atoms with Gasteiger partial charge in [0.2, 0.25) is 17.8 Å². The molecule has 0 unspecified atom stereocenters. The van der Waals surface area contributed by atoms with Crippen molar-refractivity contribution in [2.45, 2.75) is 40.5 Å². The van der Waals surface area contributed by atoms with Crippen molar-refractivity contribution < 1.29 is 0 Å². The maximum absolute atomic E-state index is 4.58. The molecule has 1 aliphatic rings. The molecule has 0 amide bonds. The van der Waals surface area contributed by atoms with Gasteiger partial charge in [-0.15, -0.1) is 0 Å². The Bertz CT molecular complexity index is 465. The predicted molar refractivity (Wildman–Crippen MR) is 87.9 cm³/mol. The third-order valence-corrected chi connectivity index (χ3v) is 4.50. The van der Waals surface area contributed by atoms with Crippen LogP contribution in [0.25, 0.3) is 0 Å². The van der Waals surface area contributed by atoms with Gasteiger partial charge in [-0.1, -0.05) is 27.7 Å². The molecule has 0 radical (unpaired) electrons. The zero-order chi connectivity index (χ0) is 15.5. The predicted octanol–water partition coefficient (Wildman–Crippen LogP) is 2.61. The normalized spacial score (nSPS) is 15.6. The number of aromatic nitrogens is 3. The number of hydrogen-bond acceptors (Lipinski definition) is 6. The molecule has 1 fully saturated rings. The Morgan fingerprint density at radius 1 is 1.10 bits per heavy atom. The molecular formula is C15H28N6. The lowest BCUT2D eigenvalue weighted by Crippen LogP contribution is -2.29. The maximum Gasteiger partial charge on any atom is 0.231 e. The molecule has 1 saturated heterocycles. The quantitative estimate of drug-likeness (QED) is 0.840. The third kappa shape index (κ3) is 3.95. The lowest BCUT2D eigenvalue weighted by atomic mass is 9.81. The maximum atomic E-state index is 4.58. The molecule has 0 saturated carbocycles. The monoisotopic (exact) mass is 292 g/mol. The Labute approximate surface area is 127 Å². The van der Waals surface area contributed by atoms with Crippen LogP contribution in [0.5, 0.6) is 0 Å². The summed E-state index contributed by atoms with van der Waals surface area (Å²) in [6.07, 6.45) is 2.42. The number of rotatable bonds is 6. The highest BCUT2D eigenvalue weighted by molar-refractivity contribution is 5.44. The van der Waals surface area contributed by atoms with Crippen LogP contribution in [0.4, 0.5) is 17.8 Å². The van der Waals surface area contributed by atoms with Crippen molar-refractivity contribution in [2.75, 3.05) is 42.2 Å². The molecule has 0 spiro atoms. The minimum Gasteiger partial charge on any atom is -0.357 e. The van der Waals surface area contributed by atoms with E-state index in [1.54, 1.807) is 0 Å². The van der Waals surface area contributed by atoms with E-state index in [1.807, 2.05) is 7.05 Å². The van der Waals surface area contributed by atoms with E-state index in [-0.39, 0.29) is 5.41 Å². The second-order valence-electron chi connectivity index (χ2n) is 6.72. The zero-order valence-electron chi connectivity index (χ0n) is 13.9. The van der Waals surface area contributed by atoms with Gasteiger partial charge in [-0.3, -0.25) is 0 Å². The van der Waals surface area contributed by atoms with Gasteiger partial charge < -0.3 is 15.5 Å². The van der Waals surface area contributed by atoms with Crippen LogP contribution in [0.3, 0.4) is 0 Å². The van der Waals surface area contributed by atoms with Gasteiger partial charge >= 0.3 is 0 Å². The van der Waals surface area contributed by atoms with Crippen molar-refractivity contribution in [2.24, 2.45) is 11.3 Å². The molecule has 1 aromatic heterocycles. The van der Waals surface area contributed by atoms with Crippen LogP contribution < -0.4 is 15.5 Å². The van der Waals surface area contributed by atoms with E-state index in [0.29, 0.717) is 17.8 Å². The lowest BCUT2D eigenvalue weighted by Gasteiger charge is -2.29. The van der Waals surface area contributed by atoms with E-state index in [0.717, 1.165) is 25.6 Å². The van der Waals surface area contributed by atoms with Crippen LogP contribution in [-0.2, 0) is 0 Å². The summed E-state index contributed by atoms with van der Waals surface area (Å²) in [6.45, 7) is 11.9. The van der Waals surface area contributed by atoms with Crippen molar-refractivity contribution in [3.05, 3.63) is 0 Å². The minimum atomic E-state index is 0.195. The van der Waals surface area contributed by atoms with Crippen molar-refractivity contribution in [1.29, 1.82) is 0 Å². The molecule has 1 aromatic rings. The molecular weight excluding hydrogens is 264 g/mol. The average Bonchev–Trinajstić information content (AvgIpc) is 2.99. The fourth-order valence-corrected chi connectivity index (χ4v) is 2.13. The van der Waals surface area contributed by atoms with E-state index in [9.17, 15) is 0 Å². The summed E-state index contributed by atoms with van der Waals surface area (Å²) < 4.78 is 0. The van der Waals surface area contributed by atoms with Gasteiger partial charge in [-0.25, -0.2) is 0 Å². The topological polar surface area (TPSA) is 66.0 Å². The van der Waals surface area contributed by atoms with E-state index in [2.05, 4.69) is 58.2 Å². The highest BCUT2D eigenvalue weighted by atomic mass is 15.3. The highest BCUT2D eigenvalue weighted by Crippen LogP contribution is 2.26.